The Morgan fingerprint density at radius 3 is 1.79 bits per heavy atom. The lowest BCUT2D eigenvalue weighted by Crippen LogP contribution is -2.01. The summed E-state index contributed by atoms with van der Waals surface area (Å²) in [5.41, 5.74) is 1.90. The molecule has 0 bridgehead atoms. The smallest absolute Gasteiger partial charge is 0.188 e. The van der Waals surface area contributed by atoms with E-state index in [9.17, 15) is 17.6 Å². The minimum atomic E-state index is -0.974. The number of hydrogen-bond acceptors (Lipinski definition) is 6. The van der Waals surface area contributed by atoms with Crippen LogP contribution in [-0.2, 0) is 13.1 Å². The van der Waals surface area contributed by atoms with Crippen LogP contribution in [0.25, 0.3) is 22.1 Å². The second-order valence-corrected chi connectivity index (χ2v) is 8.61. The lowest BCUT2D eigenvalue weighted by atomic mass is 10.3. The maximum absolute atomic E-state index is 13.5. The van der Waals surface area contributed by atoms with Gasteiger partial charge in [0.05, 0.1) is 13.1 Å². The molecule has 0 amide bonds. The van der Waals surface area contributed by atoms with E-state index in [0.717, 1.165) is 18.2 Å². The van der Waals surface area contributed by atoms with Crippen LogP contribution >= 0.6 is 0 Å². The Hall–Kier alpha value is -5.62. The molecule has 0 atom stereocenters. The third-order valence-corrected chi connectivity index (χ3v) is 5.57. The Morgan fingerprint density at radius 2 is 1.19 bits per heavy atom. The molecule has 2 aromatic carbocycles. The van der Waals surface area contributed by atoms with Crippen molar-refractivity contribution in [1.29, 1.82) is 0 Å². The highest BCUT2D eigenvalue weighted by Gasteiger charge is 2.12. The number of aryl methyl sites for hydroxylation is 2. The summed E-state index contributed by atoms with van der Waals surface area (Å²) >= 11 is 0. The average Bonchev–Trinajstić information content (AvgIpc) is 3.61. The van der Waals surface area contributed by atoms with Crippen molar-refractivity contribution in [3.8, 4) is 23.7 Å². The van der Waals surface area contributed by atoms with Crippen molar-refractivity contribution in [3.05, 3.63) is 108 Å². The summed E-state index contributed by atoms with van der Waals surface area (Å²) in [6.45, 7) is 0.797. The van der Waals surface area contributed by atoms with Gasteiger partial charge in [-0.05, 0) is 48.2 Å². The van der Waals surface area contributed by atoms with E-state index in [1.54, 1.807) is 12.4 Å². The summed E-state index contributed by atoms with van der Waals surface area (Å²) in [6, 6.07) is 15.4. The molecule has 6 aromatic rings. The van der Waals surface area contributed by atoms with Crippen molar-refractivity contribution in [2.45, 2.75) is 25.9 Å². The predicted molar refractivity (Wildman–Crippen MR) is 146 cm³/mol. The maximum Gasteiger partial charge on any atom is 0.188 e. The van der Waals surface area contributed by atoms with Gasteiger partial charge in [0, 0.05) is 37.4 Å². The van der Waals surface area contributed by atoms with Crippen molar-refractivity contribution in [1.82, 2.24) is 40.0 Å². The Kier molecular flexibility index (Phi) is 8.75. The first-order chi connectivity index (χ1) is 20.5. The van der Waals surface area contributed by atoms with Gasteiger partial charge in [0.15, 0.2) is 23.0 Å². The van der Waals surface area contributed by atoms with Gasteiger partial charge in [-0.25, -0.2) is 27.5 Å². The summed E-state index contributed by atoms with van der Waals surface area (Å²) in [6.07, 6.45) is 4.32. The van der Waals surface area contributed by atoms with E-state index in [1.165, 1.54) is 15.7 Å². The van der Waals surface area contributed by atoms with Gasteiger partial charge in [-0.2, -0.15) is 30.0 Å². The first-order valence-corrected chi connectivity index (χ1v) is 12.6. The molecule has 0 radical (unpaired) electrons. The molecule has 0 saturated heterocycles. The first kappa shape index (κ1) is 27.9. The molecular weight excluding hydrogens is 548 g/mol. The zero-order chi connectivity index (χ0) is 29.3. The SMILES string of the molecule is Fc1cc(F)c2nn(CCC#Cc3ccccn3)nc2c1.Fc1ccc2nn(CCC#Cc3ccccn3)nc2c1F. The van der Waals surface area contributed by atoms with Gasteiger partial charge in [0.1, 0.15) is 33.8 Å². The Morgan fingerprint density at radius 1 is 0.595 bits per heavy atom. The summed E-state index contributed by atoms with van der Waals surface area (Å²) in [5.74, 6) is 8.41. The van der Waals surface area contributed by atoms with E-state index in [-0.39, 0.29) is 16.6 Å². The van der Waals surface area contributed by atoms with E-state index in [0.29, 0.717) is 42.8 Å². The Labute approximate surface area is 237 Å². The van der Waals surface area contributed by atoms with Gasteiger partial charge in [-0.15, -0.1) is 0 Å². The highest BCUT2D eigenvalue weighted by atomic mass is 19.2. The largest absolute Gasteiger partial charge is 0.248 e. The molecule has 0 fully saturated rings. The number of halogens is 4. The zero-order valence-electron chi connectivity index (χ0n) is 21.8. The highest BCUT2D eigenvalue weighted by Crippen LogP contribution is 2.17. The van der Waals surface area contributed by atoms with Crippen LogP contribution < -0.4 is 0 Å². The molecule has 0 saturated carbocycles. The van der Waals surface area contributed by atoms with Gasteiger partial charge < -0.3 is 0 Å². The van der Waals surface area contributed by atoms with Gasteiger partial charge in [0.25, 0.3) is 0 Å². The molecule has 6 rings (SSSR count). The van der Waals surface area contributed by atoms with E-state index in [2.05, 4.69) is 54.0 Å². The van der Waals surface area contributed by atoms with Gasteiger partial charge in [-0.3, -0.25) is 0 Å². The number of aromatic nitrogens is 8. The lowest BCUT2D eigenvalue weighted by molar-refractivity contribution is 0.511. The molecule has 12 heteroatoms. The third-order valence-electron chi connectivity index (χ3n) is 5.57. The predicted octanol–water partition coefficient (Wildman–Crippen LogP) is 5.09. The molecular formula is C30H20F4N8. The van der Waals surface area contributed by atoms with Crippen LogP contribution in [0.1, 0.15) is 24.2 Å². The minimum Gasteiger partial charge on any atom is -0.248 e. The monoisotopic (exact) mass is 568 g/mol. The fourth-order valence-electron chi connectivity index (χ4n) is 3.65. The second-order valence-electron chi connectivity index (χ2n) is 8.61. The molecule has 0 N–H and O–H groups in total. The Balaban J connectivity index is 0.000000168. The van der Waals surface area contributed by atoms with Crippen LogP contribution in [-0.4, -0.2) is 40.0 Å². The first-order valence-electron chi connectivity index (χ1n) is 12.6. The maximum atomic E-state index is 13.5. The summed E-state index contributed by atoms with van der Waals surface area (Å²) in [5, 5.41) is 16.0. The van der Waals surface area contributed by atoms with E-state index < -0.39 is 23.3 Å². The fourth-order valence-corrected chi connectivity index (χ4v) is 3.65. The molecule has 0 spiro atoms. The van der Waals surface area contributed by atoms with Crippen LogP contribution in [0.4, 0.5) is 17.6 Å². The number of rotatable bonds is 4. The number of nitrogens with zero attached hydrogens (tertiary/aromatic N) is 8. The normalized spacial score (nSPS) is 10.4. The molecule has 0 aliphatic rings. The van der Waals surface area contributed by atoms with Crippen molar-refractivity contribution >= 4 is 22.1 Å². The molecule has 0 aliphatic carbocycles. The molecule has 4 aromatic heterocycles. The molecule has 0 aliphatic heterocycles. The van der Waals surface area contributed by atoms with Crippen molar-refractivity contribution in [2.75, 3.05) is 0 Å². The third kappa shape index (κ3) is 7.11. The molecule has 8 nitrogen and oxygen atoms in total. The molecule has 4 heterocycles. The molecule has 42 heavy (non-hydrogen) atoms. The quantitative estimate of drug-likeness (QED) is 0.218. The van der Waals surface area contributed by atoms with Crippen LogP contribution in [0.3, 0.4) is 0 Å². The molecule has 0 unspecified atom stereocenters. The Bertz CT molecular complexity index is 1890. The van der Waals surface area contributed by atoms with E-state index in [4.69, 9.17) is 0 Å². The van der Waals surface area contributed by atoms with E-state index in [1.807, 2.05) is 36.4 Å². The number of hydrogen-bond donors (Lipinski definition) is 0. The zero-order valence-corrected chi connectivity index (χ0v) is 21.8. The summed E-state index contributed by atoms with van der Waals surface area (Å²) in [7, 11) is 0. The van der Waals surface area contributed by atoms with Crippen molar-refractivity contribution < 1.29 is 17.6 Å². The standard InChI is InChI=1S/2C15H10F2N4/c16-12-7-8-13-15(14(12)17)20-21(19-13)10-4-2-6-11-5-1-3-9-18-11;16-11-9-13(17)15-14(10-11)19-21(20-15)8-4-2-6-12-5-1-3-7-18-12/h1,3,5,7-9H,4,10H2;1,3,5,7,9-10H,4,8H2. The van der Waals surface area contributed by atoms with E-state index >= 15 is 0 Å². The van der Waals surface area contributed by atoms with Crippen molar-refractivity contribution in [3.63, 3.8) is 0 Å². The lowest BCUT2D eigenvalue weighted by Gasteiger charge is -1.92. The number of pyridine rings is 2. The highest BCUT2D eigenvalue weighted by molar-refractivity contribution is 5.74. The van der Waals surface area contributed by atoms with Gasteiger partial charge in [-0.1, -0.05) is 24.0 Å². The van der Waals surface area contributed by atoms with Crippen LogP contribution in [0, 0.1) is 47.0 Å². The minimum absolute atomic E-state index is 0.0623. The average molecular weight is 569 g/mol. The topological polar surface area (TPSA) is 87.2 Å². The number of benzene rings is 2. The second kappa shape index (κ2) is 13.2. The van der Waals surface area contributed by atoms with Crippen LogP contribution in [0.2, 0.25) is 0 Å². The number of fused-ring (bicyclic) bond motifs is 2. The molecule has 208 valence electrons. The van der Waals surface area contributed by atoms with Crippen LogP contribution in [0.15, 0.2) is 73.1 Å². The fraction of sp³-hybridized carbons (Fsp3) is 0.133. The summed E-state index contributed by atoms with van der Waals surface area (Å²) < 4.78 is 53.1. The van der Waals surface area contributed by atoms with Gasteiger partial charge >= 0.3 is 0 Å². The van der Waals surface area contributed by atoms with Crippen LogP contribution in [0.5, 0.6) is 0 Å². The summed E-state index contributed by atoms with van der Waals surface area (Å²) in [4.78, 5) is 10.8. The van der Waals surface area contributed by atoms with Gasteiger partial charge in [0.2, 0.25) is 0 Å². The van der Waals surface area contributed by atoms with Crippen molar-refractivity contribution in [2.24, 2.45) is 0 Å².